The van der Waals surface area contributed by atoms with Gasteiger partial charge < -0.3 is 5.11 Å². The molecule has 0 bridgehead atoms. The van der Waals surface area contributed by atoms with Crippen molar-refractivity contribution in [3.63, 3.8) is 0 Å². The molecule has 2 nitrogen and oxygen atoms in total. The maximum atomic E-state index is 10.7. The van der Waals surface area contributed by atoms with Crippen LogP contribution in [0.5, 0.6) is 0 Å². The molecule has 0 unspecified atom stereocenters. The smallest absolute Gasteiger partial charge is 0.306 e. The van der Waals surface area contributed by atoms with Crippen LogP contribution in [0, 0.1) is 5.92 Å². The average molecular weight is 178 g/mol. The van der Waals surface area contributed by atoms with E-state index in [1.54, 1.807) is 6.92 Å². The van der Waals surface area contributed by atoms with Gasteiger partial charge in [-0.15, -0.1) is 0 Å². The summed E-state index contributed by atoms with van der Waals surface area (Å²) >= 11 is 0. The van der Waals surface area contributed by atoms with Crippen molar-refractivity contribution in [1.82, 2.24) is 0 Å². The van der Waals surface area contributed by atoms with Gasteiger partial charge in [0, 0.05) is 0 Å². The molecule has 2 atom stereocenters. The molecule has 0 aliphatic rings. The Labute approximate surface area is 78.2 Å². The van der Waals surface area contributed by atoms with Gasteiger partial charge in [0.2, 0.25) is 0 Å². The second-order valence-corrected chi connectivity index (χ2v) is 3.33. The van der Waals surface area contributed by atoms with Crippen molar-refractivity contribution in [3.05, 3.63) is 35.9 Å². The Morgan fingerprint density at radius 2 is 1.77 bits per heavy atom. The third-order valence-electron chi connectivity index (χ3n) is 2.46. The molecule has 0 aliphatic heterocycles. The summed E-state index contributed by atoms with van der Waals surface area (Å²) in [6, 6.07) is 9.72. The van der Waals surface area contributed by atoms with E-state index >= 15 is 0 Å². The number of carboxylic acid groups (broad SMARTS) is 1. The molecule has 0 aliphatic carbocycles. The highest BCUT2D eigenvalue weighted by atomic mass is 16.4. The molecule has 1 rings (SSSR count). The molecule has 0 saturated carbocycles. The zero-order valence-corrected chi connectivity index (χ0v) is 7.90. The summed E-state index contributed by atoms with van der Waals surface area (Å²) in [7, 11) is 0. The van der Waals surface area contributed by atoms with E-state index in [1.165, 1.54) is 0 Å². The summed E-state index contributed by atoms with van der Waals surface area (Å²) in [5.74, 6) is -1.00. The van der Waals surface area contributed by atoms with E-state index in [0.29, 0.717) is 0 Å². The molecule has 1 aromatic rings. The lowest BCUT2D eigenvalue weighted by atomic mass is 9.89. The van der Waals surface area contributed by atoms with Crippen LogP contribution in [0.1, 0.15) is 25.3 Å². The van der Waals surface area contributed by atoms with Crippen molar-refractivity contribution in [3.8, 4) is 0 Å². The van der Waals surface area contributed by atoms with Crippen LogP contribution in [0.2, 0.25) is 0 Å². The highest BCUT2D eigenvalue weighted by Crippen LogP contribution is 2.23. The van der Waals surface area contributed by atoms with E-state index in [1.807, 2.05) is 37.3 Å². The first-order chi connectivity index (χ1) is 6.13. The SMILES string of the molecule is C[C@H](c1ccccc1)[C@@H](C)C(=O)O. The van der Waals surface area contributed by atoms with E-state index < -0.39 is 5.97 Å². The number of aliphatic carboxylic acids is 1. The zero-order chi connectivity index (χ0) is 9.84. The molecular weight excluding hydrogens is 164 g/mol. The predicted octanol–water partition coefficient (Wildman–Crippen LogP) is 2.51. The van der Waals surface area contributed by atoms with Crippen LogP contribution in [0.15, 0.2) is 30.3 Å². The molecular formula is C11H14O2. The van der Waals surface area contributed by atoms with Crippen LogP contribution in [0.4, 0.5) is 0 Å². The highest BCUT2D eigenvalue weighted by Gasteiger charge is 2.20. The molecule has 13 heavy (non-hydrogen) atoms. The van der Waals surface area contributed by atoms with E-state index in [9.17, 15) is 4.79 Å². The summed E-state index contributed by atoms with van der Waals surface area (Å²) in [5, 5.41) is 8.81. The summed E-state index contributed by atoms with van der Waals surface area (Å²) in [6.45, 7) is 3.67. The molecule has 1 aromatic carbocycles. The normalized spacial score (nSPS) is 14.9. The minimum atomic E-state index is -0.739. The Kier molecular flexibility index (Phi) is 3.07. The Morgan fingerprint density at radius 1 is 1.23 bits per heavy atom. The molecule has 0 heterocycles. The third-order valence-corrected chi connectivity index (χ3v) is 2.46. The first kappa shape index (κ1) is 9.78. The number of rotatable bonds is 3. The Hall–Kier alpha value is -1.31. The molecule has 0 aromatic heterocycles. The van der Waals surface area contributed by atoms with E-state index in [2.05, 4.69) is 0 Å². The average Bonchev–Trinajstić information content (AvgIpc) is 2.17. The fourth-order valence-corrected chi connectivity index (χ4v) is 1.26. The van der Waals surface area contributed by atoms with Crippen LogP contribution in [0.25, 0.3) is 0 Å². The van der Waals surface area contributed by atoms with Gasteiger partial charge in [0.05, 0.1) is 5.92 Å². The van der Waals surface area contributed by atoms with Crippen molar-refractivity contribution >= 4 is 5.97 Å². The lowest BCUT2D eigenvalue weighted by Crippen LogP contribution is -2.16. The van der Waals surface area contributed by atoms with Crippen molar-refractivity contribution in [2.45, 2.75) is 19.8 Å². The van der Waals surface area contributed by atoms with E-state index in [-0.39, 0.29) is 11.8 Å². The van der Waals surface area contributed by atoms with Crippen molar-refractivity contribution in [1.29, 1.82) is 0 Å². The minimum Gasteiger partial charge on any atom is -0.481 e. The highest BCUT2D eigenvalue weighted by molar-refractivity contribution is 5.70. The van der Waals surface area contributed by atoms with Crippen LogP contribution in [-0.4, -0.2) is 11.1 Å². The molecule has 0 amide bonds. The molecule has 0 fully saturated rings. The maximum Gasteiger partial charge on any atom is 0.306 e. The molecule has 1 N–H and O–H groups in total. The van der Waals surface area contributed by atoms with Crippen molar-refractivity contribution in [2.24, 2.45) is 5.92 Å². The number of benzene rings is 1. The van der Waals surface area contributed by atoms with Gasteiger partial charge in [0.15, 0.2) is 0 Å². The molecule has 2 heteroatoms. The first-order valence-electron chi connectivity index (χ1n) is 4.40. The summed E-state index contributed by atoms with van der Waals surface area (Å²) in [4.78, 5) is 10.7. The van der Waals surface area contributed by atoms with Crippen molar-refractivity contribution in [2.75, 3.05) is 0 Å². The molecule has 0 spiro atoms. The number of carbonyl (C=O) groups is 1. The molecule has 0 saturated heterocycles. The number of hydrogen-bond donors (Lipinski definition) is 1. The quantitative estimate of drug-likeness (QED) is 0.772. The Balaban J connectivity index is 2.79. The standard InChI is InChI=1S/C11H14O2/c1-8(9(2)11(12)13)10-6-4-3-5-7-10/h3-9H,1-2H3,(H,12,13)/t8-,9+/m0/s1. The van der Waals surface area contributed by atoms with Crippen molar-refractivity contribution < 1.29 is 9.90 Å². The van der Waals surface area contributed by atoms with Gasteiger partial charge in [-0.2, -0.15) is 0 Å². The zero-order valence-electron chi connectivity index (χ0n) is 7.90. The van der Waals surface area contributed by atoms with Gasteiger partial charge in [0.25, 0.3) is 0 Å². The lowest BCUT2D eigenvalue weighted by molar-refractivity contribution is -0.141. The van der Waals surface area contributed by atoms with Crippen LogP contribution in [-0.2, 0) is 4.79 Å². The summed E-state index contributed by atoms with van der Waals surface area (Å²) in [5.41, 5.74) is 1.08. The number of hydrogen-bond acceptors (Lipinski definition) is 1. The topological polar surface area (TPSA) is 37.3 Å². The van der Waals surface area contributed by atoms with E-state index in [0.717, 1.165) is 5.56 Å². The van der Waals surface area contributed by atoms with Gasteiger partial charge in [-0.1, -0.05) is 44.2 Å². The monoisotopic (exact) mass is 178 g/mol. The first-order valence-corrected chi connectivity index (χ1v) is 4.40. The van der Waals surface area contributed by atoms with E-state index in [4.69, 9.17) is 5.11 Å². The summed E-state index contributed by atoms with van der Waals surface area (Å²) < 4.78 is 0. The Bertz CT molecular complexity index is 279. The number of carboxylic acids is 1. The molecule has 70 valence electrons. The third kappa shape index (κ3) is 2.31. The van der Waals surface area contributed by atoms with Gasteiger partial charge in [-0.25, -0.2) is 0 Å². The largest absolute Gasteiger partial charge is 0.481 e. The fourth-order valence-electron chi connectivity index (χ4n) is 1.26. The molecule has 0 radical (unpaired) electrons. The van der Waals surface area contributed by atoms with Gasteiger partial charge in [-0.05, 0) is 11.5 Å². The lowest BCUT2D eigenvalue weighted by Gasteiger charge is -2.15. The maximum absolute atomic E-state index is 10.7. The van der Waals surface area contributed by atoms with Gasteiger partial charge in [-0.3, -0.25) is 4.79 Å². The predicted molar refractivity (Wildman–Crippen MR) is 51.7 cm³/mol. The van der Waals surface area contributed by atoms with Crippen LogP contribution >= 0.6 is 0 Å². The summed E-state index contributed by atoms with van der Waals surface area (Å²) in [6.07, 6.45) is 0. The second kappa shape index (κ2) is 4.08. The van der Waals surface area contributed by atoms with Gasteiger partial charge >= 0.3 is 5.97 Å². The minimum absolute atomic E-state index is 0.0682. The fraction of sp³-hybridized carbons (Fsp3) is 0.364. The van der Waals surface area contributed by atoms with Gasteiger partial charge in [0.1, 0.15) is 0 Å². The second-order valence-electron chi connectivity index (χ2n) is 3.33. The Morgan fingerprint density at radius 3 is 2.23 bits per heavy atom. The van der Waals surface area contributed by atoms with Crippen LogP contribution in [0.3, 0.4) is 0 Å². The van der Waals surface area contributed by atoms with Crippen LogP contribution < -0.4 is 0 Å².